The third-order valence-corrected chi connectivity index (χ3v) is 3.62. The van der Waals surface area contributed by atoms with Crippen LogP contribution in [0, 0.1) is 0 Å². The SMILES string of the molecule is CCCC(CCc1ccccc1)NC(=O)NCCC(C)(C)O. The van der Waals surface area contributed by atoms with Crippen LogP contribution in [0.1, 0.15) is 52.0 Å². The van der Waals surface area contributed by atoms with Gasteiger partial charge in [0.2, 0.25) is 0 Å². The average molecular weight is 306 g/mol. The van der Waals surface area contributed by atoms with Crippen LogP contribution >= 0.6 is 0 Å². The van der Waals surface area contributed by atoms with Crippen molar-refractivity contribution in [2.45, 2.75) is 64.5 Å². The van der Waals surface area contributed by atoms with E-state index in [4.69, 9.17) is 0 Å². The molecule has 124 valence electrons. The van der Waals surface area contributed by atoms with Crippen molar-refractivity contribution in [3.63, 3.8) is 0 Å². The Kier molecular flexibility index (Phi) is 7.96. The molecule has 0 fully saturated rings. The summed E-state index contributed by atoms with van der Waals surface area (Å²) >= 11 is 0. The van der Waals surface area contributed by atoms with Gasteiger partial charge in [0.05, 0.1) is 5.60 Å². The molecule has 4 nitrogen and oxygen atoms in total. The number of aryl methyl sites for hydroxylation is 1. The molecule has 22 heavy (non-hydrogen) atoms. The van der Waals surface area contributed by atoms with E-state index in [1.165, 1.54) is 5.56 Å². The van der Waals surface area contributed by atoms with Crippen molar-refractivity contribution in [3.05, 3.63) is 35.9 Å². The number of nitrogens with one attached hydrogen (secondary N) is 2. The van der Waals surface area contributed by atoms with Crippen LogP contribution in [0.25, 0.3) is 0 Å². The Morgan fingerprint density at radius 2 is 1.91 bits per heavy atom. The van der Waals surface area contributed by atoms with Gasteiger partial charge in [0.1, 0.15) is 0 Å². The van der Waals surface area contributed by atoms with E-state index in [1.54, 1.807) is 13.8 Å². The topological polar surface area (TPSA) is 61.4 Å². The van der Waals surface area contributed by atoms with E-state index >= 15 is 0 Å². The van der Waals surface area contributed by atoms with Gasteiger partial charge >= 0.3 is 6.03 Å². The number of aliphatic hydroxyl groups is 1. The fourth-order valence-corrected chi connectivity index (χ4v) is 2.34. The molecule has 3 N–H and O–H groups in total. The molecule has 0 aliphatic carbocycles. The summed E-state index contributed by atoms with van der Waals surface area (Å²) in [6, 6.07) is 10.4. The molecule has 1 unspecified atom stereocenters. The number of rotatable bonds is 9. The number of carbonyl (C=O) groups is 1. The maximum atomic E-state index is 11.9. The minimum atomic E-state index is -0.747. The zero-order chi connectivity index (χ0) is 16.4. The van der Waals surface area contributed by atoms with E-state index in [9.17, 15) is 9.90 Å². The maximum absolute atomic E-state index is 11.9. The summed E-state index contributed by atoms with van der Waals surface area (Å²) in [5.41, 5.74) is 0.552. The number of hydrogen-bond acceptors (Lipinski definition) is 2. The fourth-order valence-electron chi connectivity index (χ4n) is 2.34. The molecule has 0 radical (unpaired) electrons. The molecule has 0 heterocycles. The maximum Gasteiger partial charge on any atom is 0.315 e. The summed E-state index contributed by atoms with van der Waals surface area (Å²) in [7, 11) is 0. The highest BCUT2D eigenvalue weighted by Crippen LogP contribution is 2.09. The molecule has 0 saturated heterocycles. The summed E-state index contributed by atoms with van der Waals surface area (Å²) in [6.07, 6.45) is 4.48. The summed E-state index contributed by atoms with van der Waals surface area (Å²) in [5, 5.41) is 15.5. The molecule has 0 spiro atoms. The second-order valence-corrected chi connectivity index (χ2v) is 6.47. The lowest BCUT2D eigenvalue weighted by Gasteiger charge is -2.20. The van der Waals surface area contributed by atoms with Gasteiger partial charge in [-0.1, -0.05) is 43.7 Å². The van der Waals surface area contributed by atoms with Crippen LogP contribution in [0.2, 0.25) is 0 Å². The van der Waals surface area contributed by atoms with Crippen molar-refractivity contribution in [1.82, 2.24) is 10.6 Å². The highest BCUT2D eigenvalue weighted by molar-refractivity contribution is 5.74. The second kappa shape index (κ2) is 9.46. The lowest BCUT2D eigenvalue weighted by Crippen LogP contribution is -2.43. The molecule has 0 bridgehead atoms. The Morgan fingerprint density at radius 3 is 2.50 bits per heavy atom. The molecule has 0 aliphatic rings. The van der Waals surface area contributed by atoms with Crippen molar-refractivity contribution < 1.29 is 9.90 Å². The Morgan fingerprint density at radius 1 is 1.23 bits per heavy atom. The molecule has 0 aliphatic heterocycles. The van der Waals surface area contributed by atoms with Crippen molar-refractivity contribution in [2.24, 2.45) is 0 Å². The lowest BCUT2D eigenvalue weighted by molar-refractivity contribution is 0.0719. The van der Waals surface area contributed by atoms with Gasteiger partial charge in [-0.2, -0.15) is 0 Å². The summed E-state index contributed by atoms with van der Waals surface area (Å²) in [6.45, 7) is 6.09. The van der Waals surface area contributed by atoms with Crippen molar-refractivity contribution >= 4 is 6.03 Å². The largest absolute Gasteiger partial charge is 0.390 e. The first-order chi connectivity index (χ1) is 10.4. The summed E-state index contributed by atoms with van der Waals surface area (Å²) in [4.78, 5) is 11.9. The average Bonchev–Trinajstić information content (AvgIpc) is 2.45. The summed E-state index contributed by atoms with van der Waals surface area (Å²) < 4.78 is 0. The van der Waals surface area contributed by atoms with Gasteiger partial charge in [0.15, 0.2) is 0 Å². The number of carbonyl (C=O) groups excluding carboxylic acids is 1. The Labute approximate surface area is 134 Å². The minimum Gasteiger partial charge on any atom is -0.390 e. The fraction of sp³-hybridized carbons (Fsp3) is 0.611. The van der Waals surface area contributed by atoms with Crippen LogP contribution in [0.5, 0.6) is 0 Å². The zero-order valence-corrected chi connectivity index (χ0v) is 14.1. The van der Waals surface area contributed by atoms with E-state index in [-0.39, 0.29) is 12.1 Å². The van der Waals surface area contributed by atoms with Crippen molar-refractivity contribution in [2.75, 3.05) is 6.54 Å². The van der Waals surface area contributed by atoms with Gasteiger partial charge in [-0.05, 0) is 45.1 Å². The first-order valence-corrected chi connectivity index (χ1v) is 8.21. The Hall–Kier alpha value is -1.55. The monoisotopic (exact) mass is 306 g/mol. The van der Waals surface area contributed by atoms with Crippen LogP contribution in [-0.4, -0.2) is 29.3 Å². The Balaban J connectivity index is 2.34. The van der Waals surface area contributed by atoms with Gasteiger partial charge in [-0.25, -0.2) is 4.79 Å². The van der Waals surface area contributed by atoms with Crippen LogP contribution < -0.4 is 10.6 Å². The molecule has 1 aromatic rings. The van der Waals surface area contributed by atoms with Gasteiger partial charge in [0, 0.05) is 12.6 Å². The lowest BCUT2D eigenvalue weighted by atomic mass is 10.0. The Bertz CT molecular complexity index is 426. The second-order valence-electron chi connectivity index (χ2n) is 6.47. The predicted octanol–water partition coefficient (Wildman–Crippen LogP) is 3.25. The van der Waals surface area contributed by atoms with Crippen LogP contribution in [0.15, 0.2) is 30.3 Å². The van der Waals surface area contributed by atoms with E-state index in [0.29, 0.717) is 13.0 Å². The predicted molar refractivity (Wildman–Crippen MR) is 90.9 cm³/mol. The third-order valence-electron chi connectivity index (χ3n) is 3.62. The first-order valence-electron chi connectivity index (χ1n) is 8.21. The highest BCUT2D eigenvalue weighted by atomic mass is 16.3. The highest BCUT2D eigenvalue weighted by Gasteiger charge is 2.14. The number of amides is 2. The standard InChI is InChI=1S/C18H30N2O2/c1-4-8-16(12-11-15-9-6-5-7-10-15)20-17(21)19-14-13-18(2,3)22/h5-7,9-10,16,22H,4,8,11-14H2,1-3H3,(H2,19,20,21). The van der Waals surface area contributed by atoms with Gasteiger partial charge in [-0.3, -0.25) is 0 Å². The normalized spacial score (nSPS) is 12.7. The first kappa shape index (κ1) is 18.5. The van der Waals surface area contributed by atoms with E-state index in [0.717, 1.165) is 25.7 Å². The van der Waals surface area contributed by atoms with Crippen molar-refractivity contribution in [1.29, 1.82) is 0 Å². The minimum absolute atomic E-state index is 0.143. The molecule has 1 rings (SSSR count). The number of benzene rings is 1. The molecule has 0 saturated carbocycles. The molecular weight excluding hydrogens is 276 g/mol. The molecule has 1 aromatic carbocycles. The smallest absolute Gasteiger partial charge is 0.315 e. The molecule has 1 atom stereocenters. The van der Waals surface area contributed by atoms with Gasteiger partial charge < -0.3 is 15.7 Å². The van der Waals surface area contributed by atoms with E-state index in [2.05, 4.69) is 29.7 Å². The molecular formula is C18H30N2O2. The van der Waals surface area contributed by atoms with Crippen LogP contribution in [0.3, 0.4) is 0 Å². The summed E-state index contributed by atoms with van der Waals surface area (Å²) in [5.74, 6) is 0. The molecule has 2 amide bonds. The van der Waals surface area contributed by atoms with E-state index < -0.39 is 5.60 Å². The molecule has 0 aromatic heterocycles. The van der Waals surface area contributed by atoms with Crippen LogP contribution in [0.4, 0.5) is 4.79 Å². The number of urea groups is 1. The molecule has 4 heteroatoms. The van der Waals surface area contributed by atoms with Crippen LogP contribution in [-0.2, 0) is 6.42 Å². The number of hydrogen-bond donors (Lipinski definition) is 3. The van der Waals surface area contributed by atoms with Gasteiger partial charge in [0.25, 0.3) is 0 Å². The zero-order valence-electron chi connectivity index (χ0n) is 14.1. The van der Waals surface area contributed by atoms with Crippen molar-refractivity contribution in [3.8, 4) is 0 Å². The third kappa shape index (κ3) is 8.67. The quantitative estimate of drug-likeness (QED) is 0.656. The van der Waals surface area contributed by atoms with Gasteiger partial charge in [-0.15, -0.1) is 0 Å². The van der Waals surface area contributed by atoms with E-state index in [1.807, 2.05) is 18.2 Å².